The second-order valence-electron chi connectivity index (χ2n) is 3.97. The minimum atomic E-state index is -0.192. The zero-order chi connectivity index (χ0) is 7.19. The van der Waals surface area contributed by atoms with Crippen LogP contribution in [-0.4, -0.2) is 17.3 Å². The highest BCUT2D eigenvalue weighted by atomic mass is 16.3. The molecular formula is C8H15NO. The third-order valence-corrected chi connectivity index (χ3v) is 3.32. The van der Waals surface area contributed by atoms with Gasteiger partial charge in [0.15, 0.2) is 0 Å². The normalized spacial score (nSPS) is 52.2. The lowest BCUT2D eigenvalue weighted by Gasteiger charge is -2.31. The molecule has 2 saturated carbocycles. The van der Waals surface area contributed by atoms with E-state index in [1.54, 1.807) is 0 Å². The van der Waals surface area contributed by atoms with Gasteiger partial charge in [-0.1, -0.05) is 6.42 Å². The molecule has 2 rings (SSSR count). The number of nitrogens with two attached hydrogens (primary N) is 1. The maximum atomic E-state index is 9.02. The van der Waals surface area contributed by atoms with Crippen LogP contribution in [0.15, 0.2) is 0 Å². The first-order chi connectivity index (χ1) is 4.74. The molecule has 0 heterocycles. The third-order valence-electron chi connectivity index (χ3n) is 3.32. The Morgan fingerprint density at radius 3 is 2.60 bits per heavy atom. The molecule has 0 aromatic carbocycles. The van der Waals surface area contributed by atoms with Gasteiger partial charge in [-0.15, -0.1) is 0 Å². The molecule has 58 valence electrons. The van der Waals surface area contributed by atoms with Crippen LogP contribution < -0.4 is 5.73 Å². The van der Waals surface area contributed by atoms with Crippen LogP contribution >= 0.6 is 0 Å². The molecule has 0 radical (unpaired) electrons. The maximum Gasteiger partial charge on any atom is 0.0614 e. The van der Waals surface area contributed by atoms with Crippen molar-refractivity contribution in [3.05, 3.63) is 0 Å². The van der Waals surface area contributed by atoms with Crippen LogP contribution in [0.3, 0.4) is 0 Å². The lowest BCUT2D eigenvalue weighted by atomic mass is 9.83. The molecule has 3 atom stereocenters. The standard InChI is InChI=1S/C8H15NO/c9-8(5-10)4-6-1-2-7(8)3-6/h6-7,10H,1-5,9H2/t6-,7-,8-/m0/s1. The van der Waals surface area contributed by atoms with Crippen molar-refractivity contribution in [1.82, 2.24) is 0 Å². The summed E-state index contributed by atoms with van der Waals surface area (Å²) in [5.41, 5.74) is 5.80. The van der Waals surface area contributed by atoms with E-state index in [1.807, 2.05) is 0 Å². The van der Waals surface area contributed by atoms with Gasteiger partial charge in [0.2, 0.25) is 0 Å². The Hall–Kier alpha value is -0.0800. The molecule has 0 aliphatic heterocycles. The second-order valence-corrected chi connectivity index (χ2v) is 3.97. The smallest absolute Gasteiger partial charge is 0.0614 e. The van der Waals surface area contributed by atoms with Crippen LogP contribution in [0.5, 0.6) is 0 Å². The summed E-state index contributed by atoms with van der Waals surface area (Å²) in [6.07, 6.45) is 4.94. The largest absolute Gasteiger partial charge is 0.394 e. The van der Waals surface area contributed by atoms with Crippen molar-refractivity contribution < 1.29 is 5.11 Å². The minimum Gasteiger partial charge on any atom is -0.394 e. The number of rotatable bonds is 1. The van der Waals surface area contributed by atoms with Gasteiger partial charge in [0.1, 0.15) is 0 Å². The molecule has 2 heteroatoms. The number of hydrogen-bond donors (Lipinski definition) is 2. The Kier molecular flexibility index (Phi) is 1.29. The highest BCUT2D eigenvalue weighted by molar-refractivity contribution is 5.03. The molecule has 0 unspecified atom stereocenters. The van der Waals surface area contributed by atoms with Gasteiger partial charge in [-0.2, -0.15) is 0 Å². The lowest BCUT2D eigenvalue weighted by Crippen LogP contribution is -2.48. The van der Waals surface area contributed by atoms with Crippen molar-refractivity contribution in [1.29, 1.82) is 0 Å². The highest BCUT2D eigenvalue weighted by Gasteiger charge is 2.47. The fraction of sp³-hybridized carbons (Fsp3) is 1.00. The van der Waals surface area contributed by atoms with Gasteiger partial charge in [-0.3, -0.25) is 0 Å². The first-order valence-corrected chi connectivity index (χ1v) is 4.14. The zero-order valence-corrected chi connectivity index (χ0v) is 6.21. The molecule has 0 amide bonds. The monoisotopic (exact) mass is 141 g/mol. The van der Waals surface area contributed by atoms with Crippen LogP contribution in [0.25, 0.3) is 0 Å². The number of fused-ring (bicyclic) bond motifs is 2. The van der Waals surface area contributed by atoms with E-state index < -0.39 is 0 Å². The predicted molar refractivity (Wildman–Crippen MR) is 39.5 cm³/mol. The van der Waals surface area contributed by atoms with Crippen LogP contribution in [0.2, 0.25) is 0 Å². The number of aliphatic hydroxyl groups is 1. The maximum absolute atomic E-state index is 9.02. The summed E-state index contributed by atoms with van der Waals surface area (Å²) in [6.45, 7) is 0.189. The van der Waals surface area contributed by atoms with Crippen LogP contribution in [-0.2, 0) is 0 Å². The molecule has 2 fully saturated rings. The summed E-state index contributed by atoms with van der Waals surface area (Å²) in [4.78, 5) is 0. The molecule has 3 N–H and O–H groups in total. The van der Waals surface area contributed by atoms with Crippen molar-refractivity contribution in [2.45, 2.75) is 31.2 Å². The SMILES string of the molecule is N[C@]1(CO)C[C@H]2CC[C@H]1C2. The number of aliphatic hydroxyl groups excluding tert-OH is 1. The van der Waals surface area contributed by atoms with Gasteiger partial charge in [0.05, 0.1) is 6.61 Å². The van der Waals surface area contributed by atoms with E-state index in [0.29, 0.717) is 5.92 Å². The lowest BCUT2D eigenvalue weighted by molar-refractivity contribution is 0.142. The Labute approximate surface area is 61.4 Å². The van der Waals surface area contributed by atoms with Gasteiger partial charge in [0, 0.05) is 5.54 Å². The summed E-state index contributed by atoms with van der Waals surface area (Å²) in [5, 5.41) is 9.02. The molecule has 2 aliphatic carbocycles. The summed E-state index contributed by atoms with van der Waals surface area (Å²) < 4.78 is 0. The third kappa shape index (κ3) is 0.722. The van der Waals surface area contributed by atoms with E-state index in [0.717, 1.165) is 12.3 Å². The molecule has 0 spiro atoms. The van der Waals surface area contributed by atoms with Gasteiger partial charge in [-0.25, -0.2) is 0 Å². The molecule has 2 nitrogen and oxygen atoms in total. The highest BCUT2D eigenvalue weighted by Crippen LogP contribution is 2.49. The summed E-state index contributed by atoms with van der Waals surface area (Å²) >= 11 is 0. The Bertz CT molecular complexity index is 148. The Balaban J connectivity index is 2.14. The van der Waals surface area contributed by atoms with Gasteiger partial charge in [-0.05, 0) is 31.1 Å². The zero-order valence-electron chi connectivity index (χ0n) is 6.21. The van der Waals surface area contributed by atoms with Crippen molar-refractivity contribution >= 4 is 0 Å². The molecular weight excluding hydrogens is 126 g/mol. The van der Waals surface area contributed by atoms with E-state index in [2.05, 4.69) is 0 Å². The topological polar surface area (TPSA) is 46.2 Å². The van der Waals surface area contributed by atoms with Crippen molar-refractivity contribution in [2.24, 2.45) is 17.6 Å². The van der Waals surface area contributed by atoms with E-state index in [-0.39, 0.29) is 12.1 Å². The van der Waals surface area contributed by atoms with Crippen LogP contribution in [0, 0.1) is 11.8 Å². The van der Waals surface area contributed by atoms with E-state index >= 15 is 0 Å². The fourth-order valence-electron chi connectivity index (χ4n) is 2.68. The average Bonchev–Trinajstić information content (AvgIpc) is 2.46. The first kappa shape index (κ1) is 6.62. The molecule has 10 heavy (non-hydrogen) atoms. The summed E-state index contributed by atoms with van der Waals surface area (Å²) in [7, 11) is 0. The van der Waals surface area contributed by atoms with E-state index in [4.69, 9.17) is 10.8 Å². The second kappa shape index (κ2) is 1.95. The summed E-state index contributed by atoms with van der Waals surface area (Å²) in [5.74, 6) is 1.46. The minimum absolute atomic E-state index is 0.189. The Morgan fingerprint density at radius 2 is 2.30 bits per heavy atom. The quantitative estimate of drug-likeness (QED) is 0.558. The van der Waals surface area contributed by atoms with E-state index in [9.17, 15) is 0 Å². The molecule has 0 aromatic heterocycles. The molecule has 2 aliphatic rings. The average molecular weight is 141 g/mol. The number of hydrogen-bond acceptors (Lipinski definition) is 2. The van der Waals surface area contributed by atoms with Crippen molar-refractivity contribution in [3.8, 4) is 0 Å². The van der Waals surface area contributed by atoms with Gasteiger partial charge in [0.25, 0.3) is 0 Å². The molecule has 2 bridgehead atoms. The summed E-state index contributed by atoms with van der Waals surface area (Å²) in [6, 6.07) is 0. The fourth-order valence-corrected chi connectivity index (χ4v) is 2.68. The van der Waals surface area contributed by atoms with Crippen LogP contribution in [0.4, 0.5) is 0 Å². The first-order valence-electron chi connectivity index (χ1n) is 4.14. The van der Waals surface area contributed by atoms with Crippen LogP contribution in [0.1, 0.15) is 25.7 Å². The van der Waals surface area contributed by atoms with Gasteiger partial charge < -0.3 is 10.8 Å². The molecule has 0 saturated heterocycles. The van der Waals surface area contributed by atoms with Crippen molar-refractivity contribution in [3.63, 3.8) is 0 Å². The van der Waals surface area contributed by atoms with E-state index in [1.165, 1.54) is 19.3 Å². The predicted octanol–water partition coefficient (Wildman–Crippen LogP) is 0.496. The van der Waals surface area contributed by atoms with Crippen molar-refractivity contribution in [2.75, 3.05) is 6.61 Å². The van der Waals surface area contributed by atoms with Gasteiger partial charge >= 0.3 is 0 Å². The Morgan fingerprint density at radius 1 is 1.50 bits per heavy atom. The molecule has 0 aromatic rings.